The molecular weight excluding hydrogens is 302 g/mol. The molecule has 7 nitrogen and oxygen atoms in total. The maximum atomic E-state index is 11.8. The molecule has 1 heterocycles. The molecule has 1 N–H and O–H groups in total. The Morgan fingerprint density at radius 1 is 1.25 bits per heavy atom. The topological polar surface area (TPSA) is 102 Å². The SMILES string of the molecule is O=[N+]([O-])c1ccc(S(=O)(=O)NN=Cc2ccsc2)cc1. The van der Waals surface area contributed by atoms with E-state index in [1.165, 1.54) is 17.6 Å². The molecule has 0 aliphatic heterocycles. The zero-order valence-electron chi connectivity index (χ0n) is 9.96. The number of hydrazone groups is 1. The number of non-ortho nitro benzene ring substituents is 1. The normalized spacial score (nSPS) is 11.6. The van der Waals surface area contributed by atoms with Crippen molar-refractivity contribution in [3.8, 4) is 0 Å². The number of nitro groups is 1. The first-order chi connectivity index (χ1) is 9.49. The van der Waals surface area contributed by atoms with Gasteiger partial charge in [-0.15, -0.1) is 0 Å². The van der Waals surface area contributed by atoms with Crippen LogP contribution in [0.25, 0.3) is 0 Å². The lowest BCUT2D eigenvalue weighted by atomic mass is 10.3. The maximum Gasteiger partial charge on any atom is 0.276 e. The van der Waals surface area contributed by atoms with Gasteiger partial charge in [-0.3, -0.25) is 10.1 Å². The van der Waals surface area contributed by atoms with Gasteiger partial charge < -0.3 is 0 Å². The van der Waals surface area contributed by atoms with E-state index in [1.54, 1.807) is 6.07 Å². The number of nitrogens with one attached hydrogen (secondary N) is 1. The number of hydrogen-bond donors (Lipinski definition) is 1. The van der Waals surface area contributed by atoms with E-state index in [1.807, 2.05) is 15.6 Å². The fourth-order valence-electron chi connectivity index (χ4n) is 1.32. The minimum atomic E-state index is -3.82. The van der Waals surface area contributed by atoms with Gasteiger partial charge in [0.05, 0.1) is 16.0 Å². The first kappa shape index (κ1) is 14.2. The molecular formula is C11H9N3O4S2. The highest BCUT2D eigenvalue weighted by Gasteiger charge is 2.14. The number of thiophene rings is 1. The van der Waals surface area contributed by atoms with Crippen molar-refractivity contribution in [1.82, 2.24) is 4.83 Å². The summed E-state index contributed by atoms with van der Waals surface area (Å²) >= 11 is 1.47. The fraction of sp³-hybridized carbons (Fsp3) is 0. The average Bonchev–Trinajstić information content (AvgIpc) is 2.92. The number of nitro benzene ring substituents is 1. The number of sulfonamides is 1. The van der Waals surface area contributed by atoms with Crippen LogP contribution < -0.4 is 4.83 Å². The highest BCUT2D eigenvalue weighted by molar-refractivity contribution is 7.89. The highest BCUT2D eigenvalue weighted by atomic mass is 32.2. The third-order valence-corrected chi connectivity index (χ3v) is 4.23. The van der Waals surface area contributed by atoms with E-state index < -0.39 is 14.9 Å². The average molecular weight is 311 g/mol. The van der Waals surface area contributed by atoms with Gasteiger partial charge in [-0.2, -0.15) is 24.9 Å². The summed E-state index contributed by atoms with van der Waals surface area (Å²) in [5, 5.41) is 17.8. The van der Waals surface area contributed by atoms with Gasteiger partial charge >= 0.3 is 0 Å². The Hall–Kier alpha value is -2.26. The molecule has 20 heavy (non-hydrogen) atoms. The van der Waals surface area contributed by atoms with Gasteiger partial charge in [0, 0.05) is 17.7 Å². The maximum absolute atomic E-state index is 11.8. The Bertz CT molecular complexity index is 722. The second kappa shape index (κ2) is 5.80. The third kappa shape index (κ3) is 3.39. The van der Waals surface area contributed by atoms with Crippen LogP contribution in [0, 0.1) is 10.1 Å². The van der Waals surface area contributed by atoms with Crippen LogP contribution in [0.15, 0.2) is 51.1 Å². The largest absolute Gasteiger partial charge is 0.276 e. The lowest BCUT2D eigenvalue weighted by molar-refractivity contribution is -0.384. The van der Waals surface area contributed by atoms with Crippen molar-refractivity contribution in [2.75, 3.05) is 0 Å². The minimum Gasteiger partial charge on any atom is -0.258 e. The summed E-state index contributed by atoms with van der Waals surface area (Å²) in [6.07, 6.45) is 1.37. The van der Waals surface area contributed by atoms with E-state index >= 15 is 0 Å². The Labute approximate surface area is 118 Å². The number of rotatable bonds is 5. The Balaban J connectivity index is 2.12. The summed E-state index contributed by atoms with van der Waals surface area (Å²) < 4.78 is 23.7. The highest BCUT2D eigenvalue weighted by Crippen LogP contribution is 2.15. The number of nitrogens with zero attached hydrogens (tertiary/aromatic N) is 2. The van der Waals surface area contributed by atoms with Crippen LogP contribution in [-0.4, -0.2) is 19.6 Å². The molecule has 0 atom stereocenters. The summed E-state index contributed by atoms with van der Waals surface area (Å²) in [5.74, 6) is 0. The molecule has 0 bridgehead atoms. The van der Waals surface area contributed by atoms with Crippen LogP contribution in [0.3, 0.4) is 0 Å². The molecule has 2 aromatic rings. The zero-order chi connectivity index (χ0) is 14.6. The second-order valence-corrected chi connectivity index (χ2v) is 6.10. The number of hydrogen-bond acceptors (Lipinski definition) is 6. The first-order valence-corrected chi connectivity index (χ1v) is 7.73. The summed E-state index contributed by atoms with van der Waals surface area (Å²) in [7, 11) is -3.82. The molecule has 0 radical (unpaired) electrons. The van der Waals surface area contributed by atoms with E-state index in [9.17, 15) is 18.5 Å². The fourth-order valence-corrected chi connectivity index (χ4v) is 2.72. The van der Waals surface area contributed by atoms with Gasteiger partial charge in [0.15, 0.2) is 0 Å². The van der Waals surface area contributed by atoms with Crippen molar-refractivity contribution in [1.29, 1.82) is 0 Å². The third-order valence-electron chi connectivity index (χ3n) is 2.29. The van der Waals surface area contributed by atoms with Crippen LogP contribution in [0.1, 0.15) is 5.56 Å². The Morgan fingerprint density at radius 2 is 1.95 bits per heavy atom. The van der Waals surface area contributed by atoms with Gasteiger partial charge in [0.25, 0.3) is 15.7 Å². The van der Waals surface area contributed by atoms with Crippen LogP contribution in [-0.2, 0) is 10.0 Å². The van der Waals surface area contributed by atoms with E-state index in [0.717, 1.165) is 29.8 Å². The molecule has 0 aliphatic carbocycles. The zero-order valence-corrected chi connectivity index (χ0v) is 11.6. The van der Waals surface area contributed by atoms with E-state index in [0.29, 0.717) is 0 Å². The second-order valence-electron chi connectivity index (χ2n) is 3.66. The molecule has 0 aliphatic rings. The smallest absolute Gasteiger partial charge is 0.258 e. The minimum absolute atomic E-state index is 0.0921. The standard InChI is InChI=1S/C11H9N3O4S2/c15-14(16)10-1-3-11(4-2-10)20(17,18)13-12-7-9-5-6-19-8-9/h1-8,13H. The molecule has 0 saturated heterocycles. The van der Waals surface area contributed by atoms with Gasteiger partial charge in [-0.1, -0.05) is 0 Å². The van der Waals surface area contributed by atoms with Crippen LogP contribution in [0.5, 0.6) is 0 Å². The van der Waals surface area contributed by atoms with E-state index in [4.69, 9.17) is 0 Å². The van der Waals surface area contributed by atoms with Crippen molar-refractivity contribution in [3.05, 3.63) is 56.8 Å². The van der Waals surface area contributed by atoms with Crippen LogP contribution in [0.4, 0.5) is 5.69 Å². The molecule has 1 aromatic carbocycles. The predicted molar refractivity (Wildman–Crippen MR) is 75.3 cm³/mol. The quantitative estimate of drug-likeness (QED) is 0.518. The predicted octanol–water partition coefficient (Wildman–Crippen LogP) is 1.97. The van der Waals surface area contributed by atoms with Gasteiger partial charge in [-0.05, 0) is 29.0 Å². The van der Waals surface area contributed by atoms with Crippen molar-refractivity contribution in [2.24, 2.45) is 5.10 Å². The van der Waals surface area contributed by atoms with Crippen LogP contribution in [0.2, 0.25) is 0 Å². The molecule has 1 aromatic heterocycles. The summed E-state index contributed by atoms with van der Waals surface area (Å²) in [6.45, 7) is 0. The lowest BCUT2D eigenvalue weighted by Gasteiger charge is -2.02. The van der Waals surface area contributed by atoms with Crippen LogP contribution >= 0.6 is 11.3 Å². The molecule has 0 saturated carbocycles. The van der Waals surface area contributed by atoms with E-state index in [2.05, 4.69) is 5.10 Å². The molecule has 0 fully saturated rings. The van der Waals surface area contributed by atoms with Crippen molar-refractivity contribution < 1.29 is 13.3 Å². The first-order valence-electron chi connectivity index (χ1n) is 5.30. The number of benzene rings is 1. The van der Waals surface area contributed by atoms with Gasteiger partial charge in [-0.25, -0.2) is 4.83 Å². The molecule has 0 unspecified atom stereocenters. The summed E-state index contributed by atoms with van der Waals surface area (Å²) in [5.41, 5.74) is 0.604. The Morgan fingerprint density at radius 3 is 2.50 bits per heavy atom. The monoisotopic (exact) mass is 311 g/mol. The van der Waals surface area contributed by atoms with E-state index in [-0.39, 0.29) is 10.6 Å². The summed E-state index contributed by atoms with van der Waals surface area (Å²) in [4.78, 5) is 11.8. The van der Waals surface area contributed by atoms with Crippen molar-refractivity contribution in [2.45, 2.75) is 4.90 Å². The van der Waals surface area contributed by atoms with Crippen molar-refractivity contribution >= 4 is 33.3 Å². The van der Waals surface area contributed by atoms with Gasteiger partial charge in [0.2, 0.25) is 0 Å². The lowest BCUT2D eigenvalue weighted by Crippen LogP contribution is -2.18. The summed E-state index contributed by atoms with van der Waals surface area (Å²) in [6, 6.07) is 6.34. The van der Waals surface area contributed by atoms with Crippen molar-refractivity contribution in [3.63, 3.8) is 0 Å². The molecule has 2 rings (SSSR count). The molecule has 0 amide bonds. The Kier molecular flexibility index (Phi) is 4.11. The van der Waals surface area contributed by atoms with Gasteiger partial charge in [0.1, 0.15) is 0 Å². The molecule has 104 valence electrons. The molecule has 0 spiro atoms. The molecule has 9 heteroatoms.